The lowest BCUT2D eigenvalue weighted by Gasteiger charge is -2.17. The number of anilines is 1. The first-order chi connectivity index (χ1) is 6.68. The minimum atomic E-state index is 0.795. The van der Waals surface area contributed by atoms with Gasteiger partial charge in [0.2, 0.25) is 0 Å². The minimum absolute atomic E-state index is 0.795. The van der Waals surface area contributed by atoms with E-state index in [0.29, 0.717) is 0 Å². The molecule has 0 saturated heterocycles. The van der Waals surface area contributed by atoms with E-state index in [-0.39, 0.29) is 0 Å². The second kappa shape index (κ2) is 3.91. The second-order valence-corrected chi connectivity index (χ2v) is 4.76. The van der Waals surface area contributed by atoms with Crippen LogP contribution in [0.25, 0.3) is 0 Å². The van der Waals surface area contributed by atoms with Crippen molar-refractivity contribution in [3.8, 4) is 0 Å². The standard InChI is InChI=1S/C11H15BrN2/c1-14(9-5-6-9)7-8-3-2-4-10(13)11(8)12/h2-4,9H,5-7,13H2,1H3. The number of nitrogen functional groups attached to an aromatic ring is 1. The van der Waals surface area contributed by atoms with Gasteiger partial charge in [-0.2, -0.15) is 0 Å². The molecule has 2 nitrogen and oxygen atoms in total. The quantitative estimate of drug-likeness (QED) is 0.841. The second-order valence-electron chi connectivity index (χ2n) is 3.97. The summed E-state index contributed by atoms with van der Waals surface area (Å²) in [4.78, 5) is 2.39. The molecular formula is C11H15BrN2. The monoisotopic (exact) mass is 254 g/mol. The third-order valence-electron chi connectivity index (χ3n) is 2.70. The molecular weight excluding hydrogens is 240 g/mol. The highest BCUT2D eigenvalue weighted by atomic mass is 79.9. The number of halogens is 1. The van der Waals surface area contributed by atoms with Gasteiger partial charge in [-0.1, -0.05) is 12.1 Å². The van der Waals surface area contributed by atoms with Gasteiger partial charge >= 0.3 is 0 Å². The molecule has 1 aromatic carbocycles. The lowest BCUT2D eigenvalue weighted by molar-refractivity contribution is 0.316. The van der Waals surface area contributed by atoms with Gasteiger partial charge in [-0.3, -0.25) is 4.90 Å². The molecule has 1 aliphatic carbocycles. The molecule has 0 atom stereocenters. The zero-order chi connectivity index (χ0) is 10.1. The third kappa shape index (κ3) is 2.10. The topological polar surface area (TPSA) is 29.3 Å². The van der Waals surface area contributed by atoms with E-state index < -0.39 is 0 Å². The van der Waals surface area contributed by atoms with Gasteiger partial charge in [-0.15, -0.1) is 0 Å². The van der Waals surface area contributed by atoms with Gasteiger partial charge in [0.15, 0.2) is 0 Å². The highest BCUT2D eigenvalue weighted by Gasteiger charge is 2.26. The number of benzene rings is 1. The fourth-order valence-corrected chi connectivity index (χ4v) is 2.02. The normalized spacial score (nSPS) is 16.2. The molecule has 76 valence electrons. The molecule has 2 N–H and O–H groups in total. The first-order valence-electron chi connectivity index (χ1n) is 4.91. The maximum absolute atomic E-state index is 5.82. The van der Waals surface area contributed by atoms with E-state index in [1.165, 1.54) is 18.4 Å². The summed E-state index contributed by atoms with van der Waals surface area (Å²) < 4.78 is 1.05. The predicted molar refractivity (Wildman–Crippen MR) is 63.0 cm³/mol. The van der Waals surface area contributed by atoms with Crippen LogP contribution < -0.4 is 5.73 Å². The third-order valence-corrected chi connectivity index (χ3v) is 3.67. The van der Waals surface area contributed by atoms with Crippen LogP contribution in [0.2, 0.25) is 0 Å². The number of nitrogens with zero attached hydrogens (tertiary/aromatic N) is 1. The molecule has 0 spiro atoms. The molecule has 0 aromatic heterocycles. The fraction of sp³-hybridized carbons (Fsp3) is 0.455. The Bertz CT molecular complexity index is 334. The zero-order valence-corrected chi connectivity index (χ0v) is 9.92. The molecule has 0 aliphatic heterocycles. The Hall–Kier alpha value is -0.540. The summed E-state index contributed by atoms with van der Waals surface area (Å²) in [6, 6.07) is 6.85. The van der Waals surface area contributed by atoms with Crippen LogP contribution in [0.5, 0.6) is 0 Å². The Labute approximate surface area is 93.2 Å². The molecule has 0 bridgehead atoms. The largest absolute Gasteiger partial charge is 0.398 e. The molecule has 0 heterocycles. The number of rotatable bonds is 3. The summed E-state index contributed by atoms with van der Waals surface area (Å²) in [6.45, 7) is 0.982. The lowest BCUT2D eigenvalue weighted by Crippen LogP contribution is -2.20. The Morgan fingerprint density at radius 1 is 1.50 bits per heavy atom. The van der Waals surface area contributed by atoms with Gasteiger partial charge < -0.3 is 5.73 Å². The average molecular weight is 255 g/mol. The van der Waals surface area contributed by atoms with E-state index in [1.54, 1.807) is 0 Å². The molecule has 0 unspecified atom stereocenters. The van der Waals surface area contributed by atoms with Crippen LogP contribution in [0, 0.1) is 0 Å². The summed E-state index contributed by atoms with van der Waals surface area (Å²) in [5.41, 5.74) is 7.93. The predicted octanol–water partition coefficient (Wildman–Crippen LogP) is 2.63. The van der Waals surface area contributed by atoms with Crippen molar-refractivity contribution in [1.82, 2.24) is 4.90 Å². The Morgan fingerprint density at radius 2 is 2.21 bits per heavy atom. The average Bonchev–Trinajstić information content (AvgIpc) is 2.95. The maximum atomic E-state index is 5.82. The van der Waals surface area contributed by atoms with Crippen LogP contribution in [0.1, 0.15) is 18.4 Å². The molecule has 0 amide bonds. The first-order valence-corrected chi connectivity index (χ1v) is 5.71. The van der Waals surface area contributed by atoms with Gasteiger partial charge in [-0.25, -0.2) is 0 Å². The molecule has 1 fully saturated rings. The van der Waals surface area contributed by atoms with E-state index in [0.717, 1.165) is 22.7 Å². The van der Waals surface area contributed by atoms with Crippen molar-refractivity contribution in [1.29, 1.82) is 0 Å². The van der Waals surface area contributed by atoms with Crippen molar-refractivity contribution >= 4 is 21.6 Å². The van der Waals surface area contributed by atoms with Gasteiger partial charge in [0.05, 0.1) is 0 Å². The summed E-state index contributed by atoms with van der Waals surface area (Å²) in [5.74, 6) is 0. The molecule has 14 heavy (non-hydrogen) atoms. The van der Waals surface area contributed by atoms with Crippen LogP contribution in [0.4, 0.5) is 5.69 Å². The van der Waals surface area contributed by atoms with Crippen molar-refractivity contribution in [3.05, 3.63) is 28.2 Å². The Morgan fingerprint density at radius 3 is 2.86 bits per heavy atom. The smallest absolute Gasteiger partial charge is 0.0461 e. The molecule has 0 radical (unpaired) electrons. The Kier molecular flexibility index (Phi) is 2.79. The molecule has 2 rings (SSSR count). The summed E-state index contributed by atoms with van der Waals surface area (Å²) >= 11 is 3.53. The Balaban J connectivity index is 2.11. The molecule has 1 aromatic rings. The first kappa shape index (κ1) is 9.99. The molecule has 1 saturated carbocycles. The van der Waals surface area contributed by atoms with Crippen LogP contribution >= 0.6 is 15.9 Å². The number of nitrogens with two attached hydrogens (primary N) is 1. The van der Waals surface area contributed by atoms with Crippen molar-refractivity contribution in [2.24, 2.45) is 0 Å². The van der Waals surface area contributed by atoms with Crippen LogP contribution in [0.3, 0.4) is 0 Å². The van der Waals surface area contributed by atoms with E-state index in [4.69, 9.17) is 5.73 Å². The van der Waals surface area contributed by atoms with Crippen molar-refractivity contribution in [2.45, 2.75) is 25.4 Å². The van der Waals surface area contributed by atoms with Crippen LogP contribution in [-0.4, -0.2) is 18.0 Å². The van der Waals surface area contributed by atoms with Gasteiger partial charge in [-0.05, 0) is 47.4 Å². The van der Waals surface area contributed by atoms with E-state index in [9.17, 15) is 0 Å². The van der Waals surface area contributed by atoms with Crippen molar-refractivity contribution < 1.29 is 0 Å². The summed E-state index contributed by atoms with van der Waals surface area (Å²) in [6.07, 6.45) is 2.69. The van der Waals surface area contributed by atoms with E-state index >= 15 is 0 Å². The minimum Gasteiger partial charge on any atom is -0.398 e. The highest BCUT2D eigenvalue weighted by Crippen LogP contribution is 2.30. The van der Waals surface area contributed by atoms with Crippen LogP contribution in [0.15, 0.2) is 22.7 Å². The number of hydrogen-bond donors (Lipinski definition) is 1. The van der Waals surface area contributed by atoms with Gasteiger partial charge in [0, 0.05) is 22.7 Å². The zero-order valence-electron chi connectivity index (χ0n) is 8.33. The highest BCUT2D eigenvalue weighted by molar-refractivity contribution is 9.10. The fourth-order valence-electron chi connectivity index (χ4n) is 1.63. The SMILES string of the molecule is CN(Cc1cccc(N)c1Br)C1CC1. The van der Waals surface area contributed by atoms with Gasteiger partial charge in [0.25, 0.3) is 0 Å². The van der Waals surface area contributed by atoms with Gasteiger partial charge in [0.1, 0.15) is 0 Å². The summed E-state index contributed by atoms with van der Waals surface area (Å²) in [5, 5.41) is 0. The van der Waals surface area contributed by atoms with Crippen molar-refractivity contribution in [2.75, 3.05) is 12.8 Å². The lowest BCUT2D eigenvalue weighted by atomic mass is 10.2. The van der Waals surface area contributed by atoms with E-state index in [1.807, 2.05) is 12.1 Å². The number of hydrogen-bond acceptors (Lipinski definition) is 2. The summed E-state index contributed by atoms with van der Waals surface area (Å²) in [7, 11) is 2.17. The van der Waals surface area contributed by atoms with Crippen molar-refractivity contribution in [3.63, 3.8) is 0 Å². The molecule has 3 heteroatoms. The van der Waals surface area contributed by atoms with Crippen LogP contribution in [-0.2, 0) is 6.54 Å². The molecule has 1 aliphatic rings. The maximum Gasteiger partial charge on any atom is 0.0461 e. The van der Waals surface area contributed by atoms with E-state index in [2.05, 4.69) is 33.9 Å².